The van der Waals surface area contributed by atoms with E-state index in [0.717, 1.165) is 43.2 Å². The molecule has 0 fully saturated rings. The smallest absolute Gasteiger partial charge is 0.241 e. The Kier molecular flexibility index (Phi) is 6.23. The van der Waals surface area contributed by atoms with Crippen LogP contribution in [0.1, 0.15) is 51.5 Å². The number of unbranched alkanes of at least 4 members (excludes halogenated alkanes) is 1. The van der Waals surface area contributed by atoms with Gasteiger partial charge in [0.1, 0.15) is 0 Å². The summed E-state index contributed by atoms with van der Waals surface area (Å²) >= 11 is 0. The molecule has 2 atom stereocenters. The summed E-state index contributed by atoms with van der Waals surface area (Å²) in [6.07, 6.45) is 6.94. The lowest BCUT2D eigenvalue weighted by atomic mass is 9.80. The molecule has 5 heteroatoms. The first-order valence-electron chi connectivity index (χ1n) is 8.65. The highest BCUT2D eigenvalue weighted by molar-refractivity contribution is 7.89. The second-order valence-corrected chi connectivity index (χ2v) is 8.52. The van der Waals surface area contributed by atoms with Crippen molar-refractivity contribution in [2.45, 2.75) is 69.4 Å². The molecule has 24 heavy (non-hydrogen) atoms. The van der Waals surface area contributed by atoms with Gasteiger partial charge in [-0.3, -0.25) is 0 Å². The van der Waals surface area contributed by atoms with Crippen LogP contribution in [0.25, 0.3) is 0 Å². The van der Waals surface area contributed by atoms with E-state index in [9.17, 15) is 8.42 Å². The summed E-state index contributed by atoms with van der Waals surface area (Å²) in [6.45, 7) is 6.08. The van der Waals surface area contributed by atoms with E-state index in [1.54, 1.807) is 19.2 Å². The van der Waals surface area contributed by atoms with Crippen LogP contribution in [0.3, 0.4) is 0 Å². The first-order valence-corrected chi connectivity index (χ1v) is 10.1. The SMILES string of the molecule is CCCCC1=CCC[C@@](C)(OC)[C@H]1NS(=O)(=O)c1ccc(C)cc1. The fourth-order valence-corrected chi connectivity index (χ4v) is 4.53. The number of hydrogen-bond donors (Lipinski definition) is 1. The highest BCUT2D eigenvalue weighted by Gasteiger charge is 2.40. The summed E-state index contributed by atoms with van der Waals surface area (Å²) < 4.78 is 34.3. The fourth-order valence-electron chi connectivity index (χ4n) is 3.19. The summed E-state index contributed by atoms with van der Waals surface area (Å²) in [6, 6.07) is 6.62. The molecule has 1 N–H and O–H groups in total. The van der Waals surface area contributed by atoms with Gasteiger partial charge in [-0.1, -0.05) is 42.7 Å². The van der Waals surface area contributed by atoms with Gasteiger partial charge in [0.2, 0.25) is 10.0 Å². The zero-order valence-corrected chi connectivity index (χ0v) is 15.9. The minimum absolute atomic E-state index is 0.298. The van der Waals surface area contributed by atoms with E-state index in [1.165, 1.54) is 0 Å². The number of sulfonamides is 1. The van der Waals surface area contributed by atoms with E-state index in [-0.39, 0.29) is 6.04 Å². The molecule has 2 rings (SSSR count). The second kappa shape index (κ2) is 7.81. The van der Waals surface area contributed by atoms with Crippen molar-refractivity contribution in [3.05, 3.63) is 41.5 Å². The van der Waals surface area contributed by atoms with Gasteiger partial charge in [0.25, 0.3) is 0 Å². The lowest BCUT2D eigenvalue weighted by molar-refractivity contribution is -0.0217. The van der Waals surface area contributed by atoms with Crippen molar-refractivity contribution < 1.29 is 13.2 Å². The van der Waals surface area contributed by atoms with Crippen LogP contribution in [-0.2, 0) is 14.8 Å². The molecule has 1 aromatic rings. The van der Waals surface area contributed by atoms with E-state index >= 15 is 0 Å². The first-order chi connectivity index (χ1) is 11.3. The highest BCUT2D eigenvalue weighted by Crippen LogP contribution is 2.34. The van der Waals surface area contributed by atoms with Gasteiger partial charge in [-0.05, 0) is 51.7 Å². The molecular formula is C19H29NO3S. The minimum atomic E-state index is -3.59. The van der Waals surface area contributed by atoms with Crippen LogP contribution in [0.2, 0.25) is 0 Å². The van der Waals surface area contributed by atoms with Gasteiger partial charge in [0.05, 0.1) is 16.5 Å². The van der Waals surface area contributed by atoms with Gasteiger partial charge in [-0.15, -0.1) is 0 Å². The largest absolute Gasteiger partial charge is 0.377 e. The second-order valence-electron chi connectivity index (χ2n) is 6.81. The number of benzene rings is 1. The van der Waals surface area contributed by atoms with E-state index in [0.29, 0.717) is 4.90 Å². The summed E-state index contributed by atoms with van der Waals surface area (Å²) in [4.78, 5) is 0.298. The average Bonchev–Trinajstić information content (AvgIpc) is 2.56. The molecule has 4 nitrogen and oxygen atoms in total. The Labute approximate surface area is 146 Å². The molecule has 0 spiro atoms. The van der Waals surface area contributed by atoms with Crippen LogP contribution in [0, 0.1) is 6.92 Å². The number of hydrogen-bond acceptors (Lipinski definition) is 3. The van der Waals surface area contributed by atoms with Gasteiger partial charge in [-0.25, -0.2) is 13.1 Å². The number of methoxy groups -OCH3 is 1. The summed E-state index contributed by atoms with van der Waals surface area (Å²) in [7, 11) is -1.92. The molecule has 0 radical (unpaired) electrons. The van der Waals surface area contributed by atoms with Crippen LogP contribution in [0.4, 0.5) is 0 Å². The Morgan fingerprint density at radius 3 is 2.54 bits per heavy atom. The summed E-state index contributed by atoms with van der Waals surface area (Å²) in [5.74, 6) is 0. The quantitative estimate of drug-likeness (QED) is 0.757. The van der Waals surface area contributed by atoms with Gasteiger partial charge < -0.3 is 4.74 Å². The van der Waals surface area contributed by atoms with Crippen molar-refractivity contribution in [3.8, 4) is 0 Å². The zero-order valence-electron chi connectivity index (χ0n) is 15.1. The van der Waals surface area contributed by atoms with E-state index in [4.69, 9.17) is 4.74 Å². The molecule has 0 saturated carbocycles. The van der Waals surface area contributed by atoms with Gasteiger partial charge in [0, 0.05) is 7.11 Å². The van der Waals surface area contributed by atoms with Crippen molar-refractivity contribution in [1.82, 2.24) is 4.72 Å². The minimum Gasteiger partial charge on any atom is -0.377 e. The molecule has 0 bridgehead atoms. The number of nitrogens with one attached hydrogen (secondary N) is 1. The van der Waals surface area contributed by atoms with Crippen molar-refractivity contribution in [2.24, 2.45) is 0 Å². The maximum atomic E-state index is 12.8. The van der Waals surface area contributed by atoms with Gasteiger partial charge >= 0.3 is 0 Å². The molecule has 1 aromatic carbocycles. The summed E-state index contributed by atoms with van der Waals surface area (Å²) in [5, 5.41) is 0. The maximum absolute atomic E-state index is 12.8. The Morgan fingerprint density at radius 1 is 1.29 bits per heavy atom. The van der Waals surface area contributed by atoms with Crippen molar-refractivity contribution >= 4 is 10.0 Å². The molecule has 0 amide bonds. The van der Waals surface area contributed by atoms with Crippen LogP contribution < -0.4 is 4.72 Å². The molecule has 0 unspecified atom stereocenters. The number of allylic oxidation sites excluding steroid dienone is 1. The molecular weight excluding hydrogens is 322 g/mol. The van der Waals surface area contributed by atoms with Crippen LogP contribution in [0.5, 0.6) is 0 Å². The molecule has 0 aliphatic heterocycles. The molecule has 134 valence electrons. The molecule has 0 aromatic heterocycles. The number of ether oxygens (including phenoxy) is 1. The zero-order chi connectivity index (χ0) is 17.8. The van der Waals surface area contributed by atoms with E-state index in [1.807, 2.05) is 26.0 Å². The molecule has 1 aliphatic rings. The monoisotopic (exact) mass is 351 g/mol. The normalized spacial score (nSPS) is 24.7. The van der Waals surface area contributed by atoms with Crippen LogP contribution in [-0.4, -0.2) is 27.2 Å². The van der Waals surface area contributed by atoms with Crippen LogP contribution >= 0.6 is 0 Å². The molecule has 0 saturated heterocycles. The first kappa shape index (κ1) is 19.2. The van der Waals surface area contributed by atoms with Crippen molar-refractivity contribution in [2.75, 3.05) is 7.11 Å². The van der Waals surface area contributed by atoms with E-state index < -0.39 is 15.6 Å². The molecule has 1 aliphatic carbocycles. The van der Waals surface area contributed by atoms with Gasteiger partial charge in [-0.2, -0.15) is 0 Å². The van der Waals surface area contributed by atoms with Crippen molar-refractivity contribution in [3.63, 3.8) is 0 Å². The van der Waals surface area contributed by atoms with E-state index in [2.05, 4.69) is 17.7 Å². The molecule has 0 heterocycles. The lowest BCUT2D eigenvalue weighted by Crippen LogP contribution is -2.54. The standard InChI is InChI=1S/C19H29NO3S/c1-5-6-8-16-9-7-14-19(3,23-4)18(16)20-24(21,22)17-12-10-15(2)11-13-17/h9-13,18,20H,5-8,14H2,1-4H3/t18-,19+/m0/s1. The predicted octanol–water partition coefficient (Wildman–Crippen LogP) is 3.96. The Bertz CT molecular complexity index is 679. The Balaban J connectivity index is 2.31. The van der Waals surface area contributed by atoms with Crippen molar-refractivity contribution in [1.29, 1.82) is 0 Å². The number of rotatable bonds is 7. The third kappa shape index (κ3) is 4.26. The van der Waals surface area contributed by atoms with Gasteiger partial charge in [0.15, 0.2) is 0 Å². The topological polar surface area (TPSA) is 55.4 Å². The lowest BCUT2D eigenvalue weighted by Gasteiger charge is -2.41. The predicted molar refractivity (Wildman–Crippen MR) is 97.5 cm³/mol. The maximum Gasteiger partial charge on any atom is 0.241 e. The average molecular weight is 352 g/mol. The Hall–Kier alpha value is -1.17. The highest BCUT2D eigenvalue weighted by atomic mass is 32.2. The van der Waals surface area contributed by atoms with Crippen LogP contribution in [0.15, 0.2) is 40.8 Å². The fraction of sp³-hybridized carbons (Fsp3) is 0.579. The third-order valence-corrected chi connectivity index (χ3v) is 6.36. The number of aryl methyl sites for hydroxylation is 1. The Morgan fingerprint density at radius 2 is 1.96 bits per heavy atom. The third-order valence-electron chi connectivity index (χ3n) is 4.92. The summed E-state index contributed by atoms with van der Waals surface area (Å²) in [5.41, 5.74) is 1.66.